The predicted octanol–water partition coefficient (Wildman–Crippen LogP) is 2.09. The number of para-hydroxylation sites is 3. The lowest BCUT2D eigenvalue weighted by molar-refractivity contribution is -0.444. The fourth-order valence-corrected chi connectivity index (χ4v) is 2.63. The van der Waals surface area contributed by atoms with Gasteiger partial charge in [0.05, 0.1) is 0 Å². The lowest BCUT2D eigenvalue weighted by Crippen LogP contribution is -2.46. The predicted molar refractivity (Wildman–Crippen MR) is 99.5 cm³/mol. The van der Waals surface area contributed by atoms with Gasteiger partial charge in [0.2, 0.25) is 0 Å². The second kappa shape index (κ2) is 8.34. The highest BCUT2D eigenvalue weighted by Crippen LogP contribution is 2.27. The van der Waals surface area contributed by atoms with Crippen molar-refractivity contribution in [1.29, 1.82) is 0 Å². The van der Waals surface area contributed by atoms with Crippen LogP contribution < -0.4 is 20.8 Å². The monoisotopic (exact) mass is 346 g/mol. The molecule has 3 aromatic carbocycles. The molecule has 0 spiro atoms. The average molecular weight is 346 g/mol. The Morgan fingerprint density at radius 1 is 0.769 bits per heavy atom. The third-order valence-electron chi connectivity index (χ3n) is 3.70. The zero-order chi connectivity index (χ0) is 18.2. The summed E-state index contributed by atoms with van der Waals surface area (Å²) in [6, 6.07) is 30.8. The van der Waals surface area contributed by atoms with Gasteiger partial charge < -0.3 is 9.90 Å². The minimum absolute atomic E-state index is 0.500. The van der Waals surface area contributed by atoms with Gasteiger partial charge in [-0.3, -0.25) is 0 Å². The Bertz CT molecular complexity index is 855. The van der Waals surface area contributed by atoms with E-state index >= 15 is 0 Å². The van der Waals surface area contributed by atoms with Gasteiger partial charge in [-0.05, 0) is 36.4 Å². The molecule has 0 amide bonds. The van der Waals surface area contributed by atoms with Crippen LogP contribution in [0.15, 0.2) is 91.0 Å². The van der Waals surface area contributed by atoms with Gasteiger partial charge >= 0.3 is 0 Å². The Morgan fingerprint density at radius 2 is 1.23 bits per heavy atom. The first-order valence-corrected chi connectivity index (χ1v) is 8.04. The number of hydrogen-bond acceptors (Lipinski definition) is 5. The summed E-state index contributed by atoms with van der Waals surface area (Å²) < 4.78 is 2.09. The van der Waals surface area contributed by atoms with Crippen molar-refractivity contribution in [3.8, 4) is 0 Å². The van der Waals surface area contributed by atoms with E-state index in [2.05, 4.69) is 51.6 Å². The van der Waals surface area contributed by atoms with Crippen LogP contribution in [0.5, 0.6) is 0 Å². The van der Waals surface area contributed by atoms with E-state index in [0.29, 0.717) is 0 Å². The Balaban J connectivity index is 0.000000613. The highest BCUT2D eigenvalue weighted by Gasteiger charge is 2.32. The molecule has 0 saturated heterocycles. The molecule has 4 rings (SSSR count). The van der Waals surface area contributed by atoms with E-state index in [1.165, 1.54) is 0 Å². The van der Waals surface area contributed by atoms with Crippen molar-refractivity contribution in [3.63, 3.8) is 0 Å². The van der Waals surface area contributed by atoms with Crippen LogP contribution in [0.1, 0.15) is 0 Å². The van der Waals surface area contributed by atoms with Crippen molar-refractivity contribution >= 4 is 29.9 Å². The summed E-state index contributed by atoms with van der Waals surface area (Å²) in [5.74, 6) is 0. The first kappa shape index (κ1) is 17.0. The van der Waals surface area contributed by atoms with Crippen molar-refractivity contribution in [2.75, 3.05) is 10.2 Å². The molecular formula is C20H18N4O2. The normalized spacial score (nSPS) is 12.5. The maximum absolute atomic E-state index is 8.25. The number of rotatable bonds is 3. The summed E-state index contributed by atoms with van der Waals surface area (Å²) in [4.78, 5) is 8.25. The molecule has 0 aromatic heterocycles. The Morgan fingerprint density at radius 3 is 1.77 bits per heavy atom. The Hall–Kier alpha value is -3.80. The van der Waals surface area contributed by atoms with Gasteiger partial charge in [-0.15, -0.1) is 4.68 Å². The van der Waals surface area contributed by atoms with Crippen LogP contribution in [0.25, 0.3) is 0 Å². The van der Waals surface area contributed by atoms with Crippen molar-refractivity contribution in [3.05, 3.63) is 91.0 Å². The summed E-state index contributed by atoms with van der Waals surface area (Å²) in [5.41, 5.74) is 6.55. The number of hydrazone groups is 1. The van der Waals surface area contributed by atoms with Crippen LogP contribution >= 0.6 is 0 Å². The zero-order valence-corrected chi connectivity index (χ0v) is 14.0. The molecule has 130 valence electrons. The molecule has 0 aliphatic carbocycles. The van der Waals surface area contributed by atoms with E-state index in [1.54, 1.807) is 0 Å². The number of carbonyl (C=O) groups excluding carboxylic acids is 1. The van der Waals surface area contributed by atoms with Crippen LogP contribution in [-0.2, 0) is 4.79 Å². The summed E-state index contributed by atoms with van der Waals surface area (Å²) in [6.45, 7) is -0.500. The minimum atomic E-state index is -0.500. The van der Waals surface area contributed by atoms with Gasteiger partial charge in [-0.2, -0.15) is 5.43 Å². The molecule has 1 heterocycles. The molecule has 26 heavy (non-hydrogen) atoms. The molecule has 1 aliphatic heterocycles. The largest absolute Gasteiger partial charge is 0.554 e. The van der Waals surface area contributed by atoms with E-state index < -0.39 is 6.47 Å². The quantitative estimate of drug-likeness (QED) is 0.581. The summed E-state index contributed by atoms with van der Waals surface area (Å²) in [7, 11) is 0. The van der Waals surface area contributed by atoms with Gasteiger partial charge in [-0.1, -0.05) is 64.8 Å². The maximum Gasteiger partial charge on any atom is 0.288 e. The third kappa shape index (κ3) is 3.64. The average Bonchev–Trinajstić information content (AvgIpc) is 3.16. The van der Waals surface area contributed by atoms with E-state index in [9.17, 15) is 0 Å². The van der Waals surface area contributed by atoms with E-state index in [1.807, 2.05) is 66.1 Å². The van der Waals surface area contributed by atoms with Crippen LogP contribution in [0.2, 0.25) is 0 Å². The van der Waals surface area contributed by atoms with Crippen LogP contribution in [0, 0.1) is 0 Å². The molecule has 6 nitrogen and oxygen atoms in total. The van der Waals surface area contributed by atoms with Gasteiger partial charge in [-0.25, -0.2) is 0 Å². The smallest absolute Gasteiger partial charge is 0.288 e. The van der Waals surface area contributed by atoms with E-state index in [4.69, 9.17) is 9.90 Å². The van der Waals surface area contributed by atoms with Crippen molar-refractivity contribution in [2.45, 2.75) is 0 Å². The molecule has 0 unspecified atom stereocenters. The standard InChI is InChI=1S/C19H16N4.CH2O2/c1-4-10-17(11-5-1)21-16-20-22(18-12-6-2-7-13-18)23(21)19-14-8-3-9-15-19;2-1-3/h1-16H;1H,(H,2,3). The second-order valence-electron chi connectivity index (χ2n) is 5.31. The lowest BCUT2D eigenvalue weighted by atomic mass is 10.3. The molecule has 1 N–H and O–H groups in total. The molecule has 0 radical (unpaired) electrons. The van der Waals surface area contributed by atoms with E-state index in [-0.39, 0.29) is 0 Å². The molecule has 0 saturated carbocycles. The summed E-state index contributed by atoms with van der Waals surface area (Å²) >= 11 is 0. The molecular weight excluding hydrogens is 328 g/mol. The number of nitrogens with zero attached hydrogens (tertiary/aromatic N) is 3. The Labute approximate surface area is 151 Å². The number of anilines is 2. The molecule has 0 atom stereocenters. The number of carbonyl (C=O) groups is 1. The van der Waals surface area contributed by atoms with Crippen LogP contribution in [0.3, 0.4) is 0 Å². The van der Waals surface area contributed by atoms with Crippen LogP contribution in [-0.4, -0.2) is 17.5 Å². The summed E-state index contributed by atoms with van der Waals surface area (Å²) in [6.07, 6.45) is 1.95. The number of hydrogen-bond donors (Lipinski definition) is 1. The van der Waals surface area contributed by atoms with Crippen molar-refractivity contribution in [1.82, 2.24) is 5.43 Å². The first-order chi connectivity index (χ1) is 12.8. The SMILES string of the molecule is C1=[N+](c2ccccc2)N(c2ccccc2)N(c2ccccc2)N1.O=C[O-]. The lowest BCUT2D eigenvalue weighted by Gasteiger charge is -2.26. The molecule has 6 heteroatoms. The fraction of sp³-hybridized carbons (Fsp3) is 0. The highest BCUT2D eigenvalue weighted by atomic mass is 16.3. The maximum atomic E-state index is 8.25. The van der Waals surface area contributed by atoms with Crippen molar-refractivity contribution in [2.24, 2.45) is 0 Å². The Kier molecular flexibility index (Phi) is 5.47. The second-order valence-corrected chi connectivity index (χ2v) is 5.31. The van der Waals surface area contributed by atoms with Gasteiger partial charge in [0, 0.05) is 6.47 Å². The van der Waals surface area contributed by atoms with Gasteiger partial charge in [0.1, 0.15) is 11.4 Å². The summed E-state index contributed by atoms with van der Waals surface area (Å²) in [5, 5.41) is 12.4. The molecule has 1 aliphatic rings. The number of carboxylic acid groups (broad SMARTS) is 1. The number of hydrazine groups is 3. The third-order valence-corrected chi connectivity index (χ3v) is 3.70. The molecule has 0 bridgehead atoms. The zero-order valence-electron chi connectivity index (χ0n) is 14.0. The van der Waals surface area contributed by atoms with Gasteiger partial charge in [0.15, 0.2) is 5.69 Å². The topological polar surface area (TPSA) is 61.7 Å². The fourth-order valence-electron chi connectivity index (χ4n) is 2.63. The van der Waals surface area contributed by atoms with E-state index in [0.717, 1.165) is 17.1 Å². The van der Waals surface area contributed by atoms with Crippen molar-refractivity contribution < 1.29 is 14.6 Å². The highest BCUT2D eigenvalue weighted by molar-refractivity contribution is 5.66. The minimum Gasteiger partial charge on any atom is -0.554 e. The van der Waals surface area contributed by atoms with Crippen LogP contribution in [0.4, 0.5) is 17.1 Å². The number of benzene rings is 3. The first-order valence-electron chi connectivity index (χ1n) is 8.04. The number of nitrogens with one attached hydrogen (secondary N) is 1. The van der Waals surface area contributed by atoms with Gasteiger partial charge in [0.25, 0.3) is 6.34 Å². The molecule has 0 fully saturated rings. The molecule has 3 aromatic rings.